The van der Waals surface area contributed by atoms with Crippen molar-refractivity contribution < 1.29 is 18.7 Å². The number of halogens is 1. The van der Waals surface area contributed by atoms with Crippen molar-refractivity contribution in [3.8, 4) is 0 Å². The largest absolute Gasteiger partial charge is 0.466 e. The maximum absolute atomic E-state index is 14.6. The highest BCUT2D eigenvalue weighted by molar-refractivity contribution is 5.80. The minimum absolute atomic E-state index is 0.0362. The van der Waals surface area contributed by atoms with Gasteiger partial charge in [-0.15, -0.1) is 0 Å². The molecule has 0 unspecified atom stereocenters. The van der Waals surface area contributed by atoms with Crippen molar-refractivity contribution in [1.82, 2.24) is 10.2 Å². The lowest BCUT2D eigenvalue weighted by atomic mass is 9.97. The quantitative estimate of drug-likeness (QED) is 0.433. The molecule has 7 nitrogen and oxygen atoms in total. The van der Waals surface area contributed by atoms with Crippen molar-refractivity contribution in [2.24, 2.45) is 10.9 Å². The van der Waals surface area contributed by atoms with Crippen LogP contribution in [-0.2, 0) is 20.8 Å². The number of guanidine groups is 1. The summed E-state index contributed by atoms with van der Waals surface area (Å²) in [5, 5.41) is 3.31. The van der Waals surface area contributed by atoms with E-state index in [0.29, 0.717) is 45.1 Å². The number of piperidine rings is 1. The number of ether oxygens (including phenoxy) is 2. The minimum Gasteiger partial charge on any atom is -0.466 e. The molecule has 3 rings (SSSR count). The minimum atomic E-state index is -0.218. The maximum atomic E-state index is 14.6. The lowest BCUT2D eigenvalue weighted by molar-refractivity contribution is -0.149. The van der Waals surface area contributed by atoms with E-state index < -0.39 is 0 Å². The summed E-state index contributed by atoms with van der Waals surface area (Å²) >= 11 is 0. The van der Waals surface area contributed by atoms with Crippen LogP contribution in [-0.4, -0.2) is 69.4 Å². The van der Waals surface area contributed by atoms with Gasteiger partial charge in [0, 0.05) is 32.7 Å². The molecule has 0 atom stereocenters. The van der Waals surface area contributed by atoms with Crippen LogP contribution in [0.1, 0.15) is 32.3 Å². The first-order valence-electron chi connectivity index (χ1n) is 10.9. The van der Waals surface area contributed by atoms with Crippen LogP contribution in [0, 0.1) is 11.7 Å². The van der Waals surface area contributed by atoms with Crippen LogP contribution in [0.25, 0.3) is 0 Å². The number of rotatable bonds is 6. The number of hydrogen-bond donors (Lipinski definition) is 1. The van der Waals surface area contributed by atoms with Crippen molar-refractivity contribution >= 4 is 17.6 Å². The van der Waals surface area contributed by atoms with Crippen LogP contribution >= 0.6 is 0 Å². The van der Waals surface area contributed by atoms with Crippen molar-refractivity contribution in [2.45, 2.75) is 33.2 Å². The van der Waals surface area contributed by atoms with Gasteiger partial charge in [0.2, 0.25) is 0 Å². The second-order valence-corrected chi connectivity index (χ2v) is 7.57. The van der Waals surface area contributed by atoms with E-state index in [9.17, 15) is 9.18 Å². The molecule has 0 amide bonds. The summed E-state index contributed by atoms with van der Waals surface area (Å²) in [6, 6.07) is 5.35. The van der Waals surface area contributed by atoms with Gasteiger partial charge in [-0.25, -0.2) is 9.38 Å². The third-order valence-electron chi connectivity index (χ3n) is 5.52. The van der Waals surface area contributed by atoms with Crippen LogP contribution in [0.4, 0.5) is 10.1 Å². The van der Waals surface area contributed by atoms with Crippen LogP contribution < -0.4 is 10.2 Å². The van der Waals surface area contributed by atoms with Gasteiger partial charge in [0.15, 0.2) is 5.96 Å². The van der Waals surface area contributed by atoms with Gasteiger partial charge in [0.05, 0.1) is 38.0 Å². The summed E-state index contributed by atoms with van der Waals surface area (Å²) in [5.74, 6) is 0.447. The number of carbonyl (C=O) groups excluding carboxylic acids is 1. The van der Waals surface area contributed by atoms with Crippen molar-refractivity contribution in [1.29, 1.82) is 0 Å². The average Bonchev–Trinajstić information content (AvgIpc) is 2.77. The first kappa shape index (κ1) is 22.3. The number of nitrogens with one attached hydrogen (secondary N) is 1. The molecule has 1 aromatic carbocycles. The fraction of sp³-hybridized carbons (Fsp3) is 0.636. The highest BCUT2D eigenvalue weighted by Gasteiger charge is 2.27. The zero-order valence-electron chi connectivity index (χ0n) is 18.0. The van der Waals surface area contributed by atoms with E-state index in [0.717, 1.165) is 44.0 Å². The fourth-order valence-electron chi connectivity index (χ4n) is 3.89. The van der Waals surface area contributed by atoms with E-state index in [2.05, 4.69) is 10.2 Å². The van der Waals surface area contributed by atoms with Crippen molar-refractivity contribution in [3.05, 3.63) is 29.6 Å². The van der Waals surface area contributed by atoms with Crippen LogP contribution in [0.15, 0.2) is 23.2 Å². The van der Waals surface area contributed by atoms with E-state index in [4.69, 9.17) is 14.5 Å². The number of anilines is 1. The van der Waals surface area contributed by atoms with E-state index >= 15 is 0 Å². The predicted octanol–water partition coefficient (Wildman–Crippen LogP) is 2.40. The highest BCUT2D eigenvalue weighted by atomic mass is 19.1. The molecule has 166 valence electrons. The summed E-state index contributed by atoms with van der Waals surface area (Å²) in [6.07, 6.45) is 1.51. The van der Waals surface area contributed by atoms with Gasteiger partial charge in [-0.1, -0.05) is 6.07 Å². The van der Waals surface area contributed by atoms with Gasteiger partial charge in [-0.2, -0.15) is 0 Å². The van der Waals surface area contributed by atoms with Gasteiger partial charge in [0.25, 0.3) is 0 Å². The normalized spacial score (nSPS) is 18.4. The molecular weight excluding hydrogens is 387 g/mol. The Morgan fingerprint density at radius 2 is 1.97 bits per heavy atom. The molecule has 0 saturated carbocycles. The number of aliphatic imine (C=N–C) groups is 1. The van der Waals surface area contributed by atoms with Gasteiger partial charge in [-0.05, 0) is 44.4 Å². The highest BCUT2D eigenvalue weighted by Crippen LogP contribution is 2.22. The number of likely N-dealkylation sites (tertiary alicyclic amines) is 1. The Balaban J connectivity index is 1.61. The molecule has 0 aliphatic carbocycles. The third kappa shape index (κ3) is 5.84. The van der Waals surface area contributed by atoms with E-state index in [-0.39, 0.29) is 17.7 Å². The second kappa shape index (κ2) is 11.2. The number of esters is 1. The first-order valence-corrected chi connectivity index (χ1v) is 10.9. The van der Waals surface area contributed by atoms with Crippen LogP contribution in [0.3, 0.4) is 0 Å². The molecule has 2 saturated heterocycles. The van der Waals surface area contributed by atoms with Crippen LogP contribution in [0.2, 0.25) is 0 Å². The summed E-state index contributed by atoms with van der Waals surface area (Å²) in [7, 11) is 0. The molecule has 0 aromatic heterocycles. The Labute approximate surface area is 178 Å². The van der Waals surface area contributed by atoms with E-state index in [1.165, 1.54) is 0 Å². The molecule has 30 heavy (non-hydrogen) atoms. The molecule has 0 radical (unpaired) electrons. The molecule has 0 spiro atoms. The summed E-state index contributed by atoms with van der Waals surface area (Å²) in [6.45, 7) is 9.61. The SMILES string of the molecule is CCNC(=NCc1ccc(N2CCOCC2)c(F)c1)N1CCC(C(=O)OCC)CC1. The van der Waals surface area contributed by atoms with Crippen molar-refractivity contribution in [3.63, 3.8) is 0 Å². The Bertz CT molecular complexity index is 729. The first-order chi connectivity index (χ1) is 14.6. The average molecular weight is 421 g/mol. The molecular formula is C22H33FN4O3. The number of hydrogen-bond acceptors (Lipinski definition) is 5. The van der Waals surface area contributed by atoms with Crippen molar-refractivity contribution in [2.75, 3.05) is 57.4 Å². The lowest BCUT2D eigenvalue weighted by Crippen LogP contribution is -2.46. The Kier molecular flexibility index (Phi) is 8.30. The maximum Gasteiger partial charge on any atom is 0.309 e. The lowest BCUT2D eigenvalue weighted by Gasteiger charge is -2.33. The fourth-order valence-corrected chi connectivity index (χ4v) is 3.89. The predicted molar refractivity (Wildman–Crippen MR) is 115 cm³/mol. The Hall–Kier alpha value is -2.35. The zero-order chi connectivity index (χ0) is 21.3. The molecule has 2 fully saturated rings. The van der Waals surface area contributed by atoms with Gasteiger partial charge in [0.1, 0.15) is 5.82 Å². The Morgan fingerprint density at radius 1 is 1.23 bits per heavy atom. The molecule has 2 aliphatic heterocycles. The topological polar surface area (TPSA) is 66.4 Å². The molecule has 1 N–H and O–H groups in total. The monoisotopic (exact) mass is 420 g/mol. The molecule has 2 heterocycles. The number of benzene rings is 1. The summed E-state index contributed by atoms with van der Waals surface area (Å²) in [5.41, 5.74) is 1.46. The standard InChI is InChI=1S/C22H33FN4O3/c1-3-24-22(27-9-7-18(8-10-27)21(28)30-4-2)25-16-17-5-6-20(19(23)15-17)26-11-13-29-14-12-26/h5-6,15,18H,3-4,7-14,16H2,1-2H3,(H,24,25). The molecule has 2 aliphatic rings. The van der Waals surface area contributed by atoms with Gasteiger partial charge < -0.3 is 24.6 Å². The Morgan fingerprint density at radius 3 is 2.60 bits per heavy atom. The summed E-state index contributed by atoms with van der Waals surface area (Å²) in [4.78, 5) is 20.8. The molecule has 0 bridgehead atoms. The van der Waals surface area contributed by atoms with E-state index in [1.54, 1.807) is 6.07 Å². The molecule has 8 heteroatoms. The second-order valence-electron chi connectivity index (χ2n) is 7.57. The molecule has 1 aromatic rings. The van der Waals surface area contributed by atoms with Gasteiger partial charge in [-0.3, -0.25) is 4.79 Å². The van der Waals surface area contributed by atoms with E-state index in [1.807, 2.05) is 30.9 Å². The number of carbonyl (C=O) groups is 1. The number of nitrogens with zero attached hydrogens (tertiary/aromatic N) is 3. The number of morpholine rings is 1. The van der Waals surface area contributed by atoms with Crippen LogP contribution in [0.5, 0.6) is 0 Å². The van der Waals surface area contributed by atoms with Gasteiger partial charge >= 0.3 is 5.97 Å². The smallest absolute Gasteiger partial charge is 0.309 e. The third-order valence-corrected chi connectivity index (χ3v) is 5.52. The summed E-state index contributed by atoms with van der Waals surface area (Å²) < 4.78 is 25.1. The zero-order valence-corrected chi connectivity index (χ0v) is 18.0.